The van der Waals surface area contributed by atoms with Gasteiger partial charge in [0, 0.05) is 18.0 Å². The molecule has 1 rings (SSSR count). The minimum Gasteiger partial charge on any atom is -0.494 e. The van der Waals surface area contributed by atoms with Gasteiger partial charge in [-0.1, -0.05) is 6.92 Å². The third-order valence-corrected chi connectivity index (χ3v) is 3.38. The first-order chi connectivity index (χ1) is 9.17. The van der Waals surface area contributed by atoms with Crippen LogP contribution in [0.4, 0.5) is 0 Å². The summed E-state index contributed by atoms with van der Waals surface area (Å²) < 4.78 is 5.33. The Kier molecular flexibility index (Phi) is 7.34. The second kappa shape index (κ2) is 8.81. The summed E-state index contributed by atoms with van der Waals surface area (Å²) in [4.78, 5) is 11.9. The molecule has 1 amide bonds. The molecule has 3 nitrogen and oxygen atoms in total. The maximum Gasteiger partial charge on any atom is 0.251 e. The fraction of sp³-hybridized carbons (Fsp3) is 0.533. The monoisotopic (exact) mass is 283 g/mol. The number of benzene rings is 1. The van der Waals surface area contributed by atoms with E-state index in [1.54, 1.807) is 12.1 Å². The predicted molar refractivity (Wildman–Crippen MR) is 79.1 cm³/mol. The largest absolute Gasteiger partial charge is 0.494 e. The number of ether oxygens (including phenoxy) is 1. The van der Waals surface area contributed by atoms with Crippen molar-refractivity contribution in [1.29, 1.82) is 0 Å². The van der Waals surface area contributed by atoms with Crippen LogP contribution in [0.15, 0.2) is 24.3 Å². The van der Waals surface area contributed by atoms with Crippen molar-refractivity contribution in [3.63, 3.8) is 0 Å². The normalized spacial score (nSPS) is 11.9. The summed E-state index contributed by atoms with van der Waals surface area (Å²) in [5.74, 6) is 1.92. The van der Waals surface area contributed by atoms with Crippen LogP contribution in [-0.2, 0) is 0 Å². The highest BCUT2D eigenvalue weighted by atomic mass is 35.5. The zero-order valence-corrected chi connectivity index (χ0v) is 12.4. The van der Waals surface area contributed by atoms with Crippen LogP contribution in [0.1, 0.15) is 37.0 Å². The van der Waals surface area contributed by atoms with Gasteiger partial charge in [-0.2, -0.15) is 0 Å². The lowest BCUT2D eigenvalue weighted by Gasteiger charge is -2.09. The molecule has 0 bridgehead atoms. The lowest BCUT2D eigenvalue weighted by molar-refractivity contribution is 0.0952. The number of amides is 1. The van der Waals surface area contributed by atoms with Crippen molar-refractivity contribution in [3.8, 4) is 5.75 Å². The standard InChI is InChI=1S/C15H22ClNO2/c1-3-19-14-8-6-13(7-9-14)15(18)17-10-4-5-12(2)11-16/h6-9,12H,3-5,10-11H2,1-2H3,(H,17,18). The van der Waals surface area contributed by atoms with Gasteiger partial charge in [0.2, 0.25) is 0 Å². The van der Waals surface area contributed by atoms with E-state index in [1.165, 1.54) is 0 Å². The first kappa shape index (κ1) is 15.8. The number of hydrogen-bond acceptors (Lipinski definition) is 2. The van der Waals surface area contributed by atoms with Crippen LogP contribution in [0.2, 0.25) is 0 Å². The highest BCUT2D eigenvalue weighted by Crippen LogP contribution is 2.12. The Bertz CT molecular complexity index is 378. The molecule has 1 unspecified atom stereocenters. The Hall–Kier alpha value is -1.22. The molecule has 4 heteroatoms. The van der Waals surface area contributed by atoms with E-state index in [4.69, 9.17) is 16.3 Å². The molecule has 0 aromatic heterocycles. The number of rotatable bonds is 8. The molecule has 0 fully saturated rings. The van der Waals surface area contributed by atoms with Crippen molar-refractivity contribution in [2.45, 2.75) is 26.7 Å². The quantitative estimate of drug-likeness (QED) is 0.586. The smallest absolute Gasteiger partial charge is 0.251 e. The van der Waals surface area contributed by atoms with Crippen molar-refractivity contribution >= 4 is 17.5 Å². The van der Waals surface area contributed by atoms with Crippen molar-refractivity contribution < 1.29 is 9.53 Å². The Balaban J connectivity index is 2.33. The van der Waals surface area contributed by atoms with E-state index in [0.717, 1.165) is 18.6 Å². The minimum atomic E-state index is -0.0402. The highest BCUT2D eigenvalue weighted by molar-refractivity contribution is 6.18. The van der Waals surface area contributed by atoms with E-state index in [0.29, 0.717) is 30.5 Å². The van der Waals surface area contributed by atoms with Crippen LogP contribution < -0.4 is 10.1 Å². The third-order valence-electron chi connectivity index (χ3n) is 2.85. The highest BCUT2D eigenvalue weighted by Gasteiger charge is 2.05. The Labute approximate surface area is 120 Å². The fourth-order valence-corrected chi connectivity index (χ4v) is 1.86. The van der Waals surface area contributed by atoms with Gasteiger partial charge in [0.1, 0.15) is 5.75 Å². The number of carbonyl (C=O) groups excluding carboxylic acids is 1. The molecule has 19 heavy (non-hydrogen) atoms. The molecule has 0 aliphatic rings. The van der Waals surface area contributed by atoms with Crippen LogP contribution in [0.3, 0.4) is 0 Å². The Morgan fingerprint density at radius 1 is 1.37 bits per heavy atom. The van der Waals surface area contributed by atoms with Crippen LogP contribution in [-0.4, -0.2) is 24.9 Å². The van der Waals surface area contributed by atoms with Gasteiger partial charge < -0.3 is 10.1 Å². The first-order valence-electron chi connectivity index (χ1n) is 6.74. The molecule has 0 aliphatic carbocycles. The second-order valence-corrected chi connectivity index (χ2v) is 4.92. The van der Waals surface area contributed by atoms with Gasteiger partial charge in [-0.25, -0.2) is 0 Å². The van der Waals surface area contributed by atoms with Crippen molar-refractivity contribution in [2.24, 2.45) is 5.92 Å². The molecule has 1 aromatic carbocycles. The average molecular weight is 284 g/mol. The van der Waals surface area contributed by atoms with Gasteiger partial charge >= 0.3 is 0 Å². The zero-order valence-electron chi connectivity index (χ0n) is 11.6. The van der Waals surface area contributed by atoms with Crippen LogP contribution in [0.5, 0.6) is 5.75 Å². The summed E-state index contributed by atoms with van der Waals surface area (Å²) >= 11 is 5.73. The van der Waals surface area contributed by atoms with E-state index < -0.39 is 0 Å². The van der Waals surface area contributed by atoms with E-state index >= 15 is 0 Å². The van der Waals surface area contributed by atoms with Crippen LogP contribution in [0, 0.1) is 5.92 Å². The fourth-order valence-electron chi connectivity index (χ4n) is 1.70. The summed E-state index contributed by atoms with van der Waals surface area (Å²) in [5, 5.41) is 2.91. The topological polar surface area (TPSA) is 38.3 Å². The molecular formula is C15H22ClNO2. The molecular weight excluding hydrogens is 262 g/mol. The number of hydrogen-bond donors (Lipinski definition) is 1. The predicted octanol–water partition coefficient (Wildman–Crippen LogP) is 3.47. The molecule has 0 spiro atoms. The number of nitrogens with one attached hydrogen (secondary N) is 1. The minimum absolute atomic E-state index is 0.0402. The first-order valence-corrected chi connectivity index (χ1v) is 7.27. The lowest BCUT2D eigenvalue weighted by Crippen LogP contribution is -2.24. The van der Waals surface area contributed by atoms with Gasteiger partial charge in [0.05, 0.1) is 6.61 Å². The summed E-state index contributed by atoms with van der Waals surface area (Å²) in [6, 6.07) is 7.19. The van der Waals surface area contributed by atoms with Gasteiger partial charge in [-0.05, 0) is 49.9 Å². The van der Waals surface area contributed by atoms with Gasteiger partial charge in [-0.15, -0.1) is 11.6 Å². The second-order valence-electron chi connectivity index (χ2n) is 4.61. The summed E-state index contributed by atoms with van der Waals surface area (Å²) in [6.07, 6.45) is 1.99. The van der Waals surface area contributed by atoms with E-state index in [9.17, 15) is 4.79 Å². The third kappa shape index (κ3) is 5.97. The summed E-state index contributed by atoms with van der Waals surface area (Å²) in [7, 11) is 0. The van der Waals surface area contributed by atoms with Crippen LogP contribution in [0.25, 0.3) is 0 Å². The molecule has 0 saturated carbocycles. The van der Waals surface area contributed by atoms with E-state index in [2.05, 4.69) is 12.2 Å². The molecule has 0 radical (unpaired) electrons. The summed E-state index contributed by atoms with van der Waals surface area (Å²) in [6.45, 7) is 5.36. The number of halogens is 1. The number of alkyl halides is 1. The van der Waals surface area contributed by atoms with Gasteiger partial charge in [0.25, 0.3) is 5.91 Å². The molecule has 0 heterocycles. The molecule has 1 aromatic rings. The Morgan fingerprint density at radius 3 is 2.63 bits per heavy atom. The van der Waals surface area contributed by atoms with Crippen molar-refractivity contribution in [3.05, 3.63) is 29.8 Å². The van der Waals surface area contributed by atoms with Crippen molar-refractivity contribution in [2.75, 3.05) is 19.0 Å². The molecule has 1 atom stereocenters. The van der Waals surface area contributed by atoms with Crippen molar-refractivity contribution in [1.82, 2.24) is 5.32 Å². The Morgan fingerprint density at radius 2 is 2.05 bits per heavy atom. The van der Waals surface area contributed by atoms with Gasteiger partial charge in [-0.3, -0.25) is 4.79 Å². The zero-order chi connectivity index (χ0) is 14.1. The maximum absolute atomic E-state index is 11.9. The average Bonchev–Trinajstić information content (AvgIpc) is 2.44. The molecule has 1 N–H and O–H groups in total. The lowest BCUT2D eigenvalue weighted by atomic mass is 10.1. The van der Waals surface area contributed by atoms with E-state index in [-0.39, 0.29) is 5.91 Å². The summed E-state index contributed by atoms with van der Waals surface area (Å²) in [5.41, 5.74) is 0.661. The van der Waals surface area contributed by atoms with Crippen LogP contribution >= 0.6 is 11.6 Å². The molecule has 0 saturated heterocycles. The van der Waals surface area contributed by atoms with Gasteiger partial charge in [0.15, 0.2) is 0 Å². The number of carbonyl (C=O) groups is 1. The maximum atomic E-state index is 11.9. The SMILES string of the molecule is CCOc1ccc(C(=O)NCCCC(C)CCl)cc1. The molecule has 0 aliphatic heterocycles. The van der Waals surface area contributed by atoms with E-state index in [1.807, 2.05) is 19.1 Å². The molecule has 106 valence electrons.